The van der Waals surface area contributed by atoms with Gasteiger partial charge >= 0.3 is 0 Å². The van der Waals surface area contributed by atoms with Gasteiger partial charge in [-0.25, -0.2) is 0 Å². The molecule has 2 amide bonds. The summed E-state index contributed by atoms with van der Waals surface area (Å²) in [5.74, 6) is 1.54. The molecule has 0 aromatic heterocycles. The lowest BCUT2D eigenvalue weighted by Gasteiger charge is -2.23. The highest BCUT2D eigenvalue weighted by atomic mass is 32.2. The average molecular weight is 306 g/mol. The summed E-state index contributed by atoms with van der Waals surface area (Å²) < 4.78 is 0. The first kappa shape index (κ1) is 15.9. The number of nitrogens with zero attached hydrogens (tertiary/aromatic N) is 1. The van der Waals surface area contributed by atoms with Crippen molar-refractivity contribution < 1.29 is 9.59 Å². The van der Waals surface area contributed by atoms with Crippen molar-refractivity contribution in [2.75, 3.05) is 18.2 Å². The van der Waals surface area contributed by atoms with Crippen LogP contribution in [0.15, 0.2) is 24.3 Å². The predicted molar refractivity (Wildman–Crippen MR) is 86.3 cm³/mol. The van der Waals surface area contributed by atoms with Gasteiger partial charge in [0, 0.05) is 17.9 Å². The normalized spacial score (nSPS) is 18.1. The third kappa shape index (κ3) is 4.00. The van der Waals surface area contributed by atoms with Gasteiger partial charge in [-0.05, 0) is 25.0 Å². The van der Waals surface area contributed by atoms with Gasteiger partial charge < -0.3 is 10.2 Å². The minimum atomic E-state index is -0.359. The van der Waals surface area contributed by atoms with Crippen molar-refractivity contribution in [3.8, 4) is 0 Å². The molecule has 114 valence electrons. The summed E-state index contributed by atoms with van der Waals surface area (Å²) in [5.41, 5.74) is 1.70. The number of nitrogens with one attached hydrogen (secondary N) is 1. The zero-order chi connectivity index (χ0) is 15.4. The lowest BCUT2D eigenvalue weighted by atomic mass is 10.1. The molecule has 0 unspecified atom stereocenters. The van der Waals surface area contributed by atoms with Crippen LogP contribution in [-0.2, 0) is 4.79 Å². The van der Waals surface area contributed by atoms with E-state index in [9.17, 15) is 9.59 Å². The van der Waals surface area contributed by atoms with Gasteiger partial charge in [0.1, 0.15) is 6.04 Å². The van der Waals surface area contributed by atoms with E-state index in [0.717, 1.165) is 5.56 Å². The van der Waals surface area contributed by atoms with E-state index < -0.39 is 0 Å². The van der Waals surface area contributed by atoms with E-state index in [1.165, 1.54) is 0 Å². The molecule has 0 spiro atoms. The van der Waals surface area contributed by atoms with Crippen LogP contribution in [0.1, 0.15) is 29.8 Å². The molecule has 0 bridgehead atoms. The molecule has 21 heavy (non-hydrogen) atoms. The standard InChI is InChI=1S/C16H22N2O2S/c1-11(2)8-17-15(19)14-9-21-10-18(14)16(20)13-6-4-5-12(3)7-13/h4-7,11,14H,8-10H2,1-3H3,(H,17,19)/t14-/m0/s1. The zero-order valence-electron chi connectivity index (χ0n) is 12.8. The molecule has 0 radical (unpaired) electrons. The lowest BCUT2D eigenvalue weighted by Crippen LogP contribution is -2.47. The van der Waals surface area contributed by atoms with E-state index in [1.807, 2.05) is 25.1 Å². The first-order chi connectivity index (χ1) is 9.99. The molecule has 2 rings (SSSR count). The van der Waals surface area contributed by atoms with Gasteiger partial charge in [-0.3, -0.25) is 9.59 Å². The Balaban J connectivity index is 2.07. The molecule has 1 heterocycles. The Kier molecular flexibility index (Phi) is 5.28. The van der Waals surface area contributed by atoms with Gasteiger partial charge in [0.2, 0.25) is 5.91 Å². The molecule has 0 saturated carbocycles. The fourth-order valence-corrected chi connectivity index (χ4v) is 3.38. The molecule has 1 aliphatic heterocycles. The predicted octanol–water partition coefficient (Wildman–Crippen LogP) is 2.28. The van der Waals surface area contributed by atoms with Crippen LogP contribution in [0, 0.1) is 12.8 Å². The lowest BCUT2D eigenvalue weighted by molar-refractivity contribution is -0.124. The van der Waals surface area contributed by atoms with Crippen LogP contribution in [0.25, 0.3) is 0 Å². The van der Waals surface area contributed by atoms with Gasteiger partial charge in [0.15, 0.2) is 0 Å². The van der Waals surface area contributed by atoms with Gasteiger partial charge in [0.05, 0.1) is 5.88 Å². The Hall–Kier alpha value is -1.49. The van der Waals surface area contributed by atoms with Crippen LogP contribution in [0.2, 0.25) is 0 Å². The fraction of sp³-hybridized carbons (Fsp3) is 0.500. The molecule has 1 fully saturated rings. The van der Waals surface area contributed by atoms with E-state index in [0.29, 0.717) is 29.7 Å². The van der Waals surface area contributed by atoms with Crippen molar-refractivity contribution in [1.82, 2.24) is 10.2 Å². The smallest absolute Gasteiger partial charge is 0.255 e. The highest BCUT2D eigenvalue weighted by molar-refractivity contribution is 7.99. The Morgan fingerprint density at radius 2 is 2.19 bits per heavy atom. The number of amides is 2. The molecular weight excluding hydrogens is 284 g/mol. The quantitative estimate of drug-likeness (QED) is 0.928. The summed E-state index contributed by atoms with van der Waals surface area (Å²) in [6.45, 7) is 6.72. The van der Waals surface area contributed by atoms with Crippen LogP contribution in [0.5, 0.6) is 0 Å². The maximum Gasteiger partial charge on any atom is 0.255 e. The van der Waals surface area contributed by atoms with Crippen molar-refractivity contribution in [3.05, 3.63) is 35.4 Å². The molecule has 5 heteroatoms. The van der Waals surface area contributed by atoms with Crippen molar-refractivity contribution in [2.24, 2.45) is 5.92 Å². The molecule has 1 aromatic carbocycles. The zero-order valence-corrected chi connectivity index (χ0v) is 13.6. The monoisotopic (exact) mass is 306 g/mol. The molecule has 4 nitrogen and oxygen atoms in total. The third-order valence-corrected chi connectivity index (χ3v) is 4.41. The van der Waals surface area contributed by atoms with Crippen molar-refractivity contribution in [1.29, 1.82) is 0 Å². The number of benzene rings is 1. The number of rotatable bonds is 4. The summed E-state index contributed by atoms with van der Waals surface area (Å²) in [5, 5.41) is 2.93. The van der Waals surface area contributed by atoms with Gasteiger partial charge in [-0.2, -0.15) is 0 Å². The van der Waals surface area contributed by atoms with E-state index in [2.05, 4.69) is 19.2 Å². The number of carbonyl (C=O) groups is 2. The molecular formula is C16H22N2O2S. The van der Waals surface area contributed by atoms with Crippen LogP contribution in [-0.4, -0.2) is 40.9 Å². The summed E-state index contributed by atoms with van der Waals surface area (Å²) >= 11 is 1.62. The summed E-state index contributed by atoms with van der Waals surface area (Å²) in [4.78, 5) is 26.5. The highest BCUT2D eigenvalue weighted by Gasteiger charge is 2.34. The molecule has 1 atom stereocenters. The van der Waals surface area contributed by atoms with Crippen molar-refractivity contribution in [2.45, 2.75) is 26.8 Å². The summed E-state index contributed by atoms with van der Waals surface area (Å²) in [6, 6.07) is 7.15. The topological polar surface area (TPSA) is 49.4 Å². The molecule has 1 saturated heterocycles. The Morgan fingerprint density at radius 1 is 1.43 bits per heavy atom. The van der Waals surface area contributed by atoms with Gasteiger partial charge in [-0.15, -0.1) is 11.8 Å². The average Bonchev–Trinajstić information content (AvgIpc) is 2.93. The van der Waals surface area contributed by atoms with E-state index in [-0.39, 0.29) is 17.9 Å². The van der Waals surface area contributed by atoms with Crippen molar-refractivity contribution >= 4 is 23.6 Å². The largest absolute Gasteiger partial charge is 0.354 e. The number of hydrogen-bond donors (Lipinski definition) is 1. The van der Waals surface area contributed by atoms with Crippen LogP contribution < -0.4 is 5.32 Å². The first-order valence-corrected chi connectivity index (χ1v) is 8.37. The number of aryl methyl sites for hydroxylation is 1. The Labute approximate surface area is 130 Å². The molecule has 1 aromatic rings. The molecule has 1 N–H and O–H groups in total. The van der Waals surface area contributed by atoms with E-state index >= 15 is 0 Å². The maximum atomic E-state index is 12.6. The van der Waals surface area contributed by atoms with Gasteiger partial charge in [0.25, 0.3) is 5.91 Å². The third-order valence-electron chi connectivity index (χ3n) is 3.40. The highest BCUT2D eigenvalue weighted by Crippen LogP contribution is 2.23. The minimum Gasteiger partial charge on any atom is -0.354 e. The summed E-state index contributed by atoms with van der Waals surface area (Å²) in [6.07, 6.45) is 0. The van der Waals surface area contributed by atoms with Crippen LogP contribution in [0.4, 0.5) is 0 Å². The minimum absolute atomic E-state index is 0.0466. The Bertz CT molecular complexity index is 531. The maximum absolute atomic E-state index is 12.6. The summed E-state index contributed by atoms with van der Waals surface area (Å²) in [7, 11) is 0. The fourth-order valence-electron chi connectivity index (χ4n) is 2.23. The molecule has 1 aliphatic rings. The second kappa shape index (κ2) is 6.98. The van der Waals surface area contributed by atoms with Crippen LogP contribution >= 0.6 is 11.8 Å². The van der Waals surface area contributed by atoms with E-state index in [1.54, 1.807) is 22.7 Å². The molecule has 0 aliphatic carbocycles. The number of thioether (sulfide) groups is 1. The second-order valence-corrected chi connectivity index (χ2v) is 6.80. The van der Waals surface area contributed by atoms with Gasteiger partial charge in [-0.1, -0.05) is 31.5 Å². The number of hydrogen-bond acceptors (Lipinski definition) is 3. The Morgan fingerprint density at radius 3 is 2.86 bits per heavy atom. The number of carbonyl (C=O) groups excluding carboxylic acids is 2. The van der Waals surface area contributed by atoms with Crippen molar-refractivity contribution in [3.63, 3.8) is 0 Å². The first-order valence-electron chi connectivity index (χ1n) is 7.22. The van der Waals surface area contributed by atoms with E-state index in [4.69, 9.17) is 0 Å². The SMILES string of the molecule is Cc1cccc(C(=O)N2CSC[C@H]2C(=O)NCC(C)C)c1. The second-order valence-electron chi connectivity index (χ2n) is 5.80. The van der Waals surface area contributed by atoms with Crippen LogP contribution in [0.3, 0.4) is 0 Å².